The van der Waals surface area contributed by atoms with Gasteiger partial charge in [0.2, 0.25) is 5.88 Å². The van der Waals surface area contributed by atoms with Crippen molar-refractivity contribution in [2.24, 2.45) is 0 Å². The van der Waals surface area contributed by atoms with E-state index < -0.39 is 11.7 Å². The zero-order valence-corrected chi connectivity index (χ0v) is 17.2. The lowest BCUT2D eigenvalue weighted by atomic mass is 10.1. The van der Waals surface area contributed by atoms with Crippen LogP contribution in [-0.2, 0) is 4.74 Å². The van der Waals surface area contributed by atoms with E-state index in [1.807, 2.05) is 6.07 Å². The molecule has 0 saturated heterocycles. The summed E-state index contributed by atoms with van der Waals surface area (Å²) in [6.45, 7) is 5.58. The summed E-state index contributed by atoms with van der Waals surface area (Å²) >= 11 is 0. The highest BCUT2D eigenvalue weighted by molar-refractivity contribution is 6.04. The van der Waals surface area contributed by atoms with Gasteiger partial charge in [0.05, 0.1) is 55.9 Å². The minimum Gasteiger partial charge on any atom is -0.504 e. The Kier molecular flexibility index (Phi) is 6.66. The Morgan fingerprint density at radius 1 is 1.13 bits per heavy atom. The predicted octanol–water partition coefficient (Wildman–Crippen LogP) is 3.82. The number of nitrogens with one attached hydrogen (secondary N) is 1. The minimum atomic E-state index is -0.711. The van der Waals surface area contributed by atoms with Crippen LogP contribution in [0.4, 0.5) is 10.2 Å². The summed E-state index contributed by atoms with van der Waals surface area (Å²) in [4.78, 5) is 29.0. The molecule has 0 aliphatic rings. The van der Waals surface area contributed by atoms with Crippen LogP contribution >= 0.6 is 0 Å². The molecule has 1 amide bonds. The number of aromatic nitrogens is 4. The molecule has 1 N–H and O–H groups in total. The van der Waals surface area contributed by atoms with Crippen molar-refractivity contribution in [3.05, 3.63) is 78.5 Å². The van der Waals surface area contributed by atoms with E-state index in [9.17, 15) is 9.18 Å². The van der Waals surface area contributed by atoms with Crippen LogP contribution in [0.2, 0.25) is 0 Å². The van der Waals surface area contributed by atoms with E-state index in [1.165, 1.54) is 32.0 Å². The molecule has 0 atom stereocenters. The number of pyridine rings is 2. The van der Waals surface area contributed by atoms with E-state index >= 15 is 0 Å². The van der Waals surface area contributed by atoms with Gasteiger partial charge in [0.1, 0.15) is 0 Å². The second kappa shape index (κ2) is 9.57. The molecule has 9 heteroatoms. The van der Waals surface area contributed by atoms with Crippen molar-refractivity contribution in [2.45, 2.75) is 6.92 Å². The molecule has 0 radical (unpaired) electrons. The first-order chi connectivity index (χ1) is 14.9. The smallest absolute Gasteiger partial charge is 0.260 e. The Morgan fingerprint density at radius 2 is 1.94 bits per heavy atom. The zero-order chi connectivity index (χ0) is 22.4. The normalized spacial score (nSPS) is 10.7. The highest BCUT2D eigenvalue weighted by atomic mass is 19.1. The van der Waals surface area contributed by atoms with E-state index in [0.29, 0.717) is 28.3 Å². The first-order valence-corrected chi connectivity index (χ1v) is 9.11. The Balaban J connectivity index is 1.86. The van der Waals surface area contributed by atoms with Gasteiger partial charge in [-0.05, 0) is 30.2 Å². The highest BCUT2D eigenvalue weighted by Gasteiger charge is 2.17. The quantitative estimate of drug-likeness (QED) is 0.457. The molecule has 0 unspecified atom stereocenters. The zero-order valence-electron chi connectivity index (χ0n) is 17.2. The molecule has 0 fully saturated rings. The Hall–Kier alpha value is -4.14. The van der Waals surface area contributed by atoms with Gasteiger partial charge in [-0.25, -0.2) is 14.4 Å². The topological polar surface area (TPSA) is 99.1 Å². The van der Waals surface area contributed by atoms with Crippen molar-refractivity contribution >= 4 is 17.3 Å². The number of hydrogen-bond donors (Lipinski definition) is 1. The van der Waals surface area contributed by atoms with Gasteiger partial charge in [-0.15, -0.1) is 0 Å². The number of amides is 1. The van der Waals surface area contributed by atoms with Crippen LogP contribution in [0, 0.1) is 12.7 Å². The van der Waals surface area contributed by atoms with Gasteiger partial charge in [-0.1, -0.05) is 6.58 Å². The molecule has 31 heavy (non-hydrogen) atoms. The average molecular weight is 421 g/mol. The van der Waals surface area contributed by atoms with Gasteiger partial charge in [-0.3, -0.25) is 14.8 Å². The predicted molar refractivity (Wildman–Crippen MR) is 114 cm³/mol. The maximum atomic E-state index is 14.0. The molecule has 0 aromatic carbocycles. The molecule has 0 aliphatic carbocycles. The van der Waals surface area contributed by atoms with E-state index in [1.54, 1.807) is 26.3 Å². The van der Waals surface area contributed by atoms with E-state index in [2.05, 4.69) is 31.8 Å². The SMILES string of the molecule is C=C(/C=C\OC)c1cnc(OC)c(-c2cnc(NC(=O)c3c(C)cncc3F)cn2)c1. The molecule has 3 aromatic rings. The molecule has 3 rings (SSSR count). The largest absolute Gasteiger partial charge is 0.504 e. The average Bonchev–Trinajstić information content (AvgIpc) is 2.77. The van der Waals surface area contributed by atoms with Crippen molar-refractivity contribution < 1.29 is 18.7 Å². The summed E-state index contributed by atoms with van der Waals surface area (Å²) in [7, 11) is 3.04. The van der Waals surface area contributed by atoms with Crippen LogP contribution in [0.25, 0.3) is 16.8 Å². The van der Waals surface area contributed by atoms with Gasteiger partial charge >= 0.3 is 0 Å². The fraction of sp³-hybridized carbons (Fsp3) is 0.136. The van der Waals surface area contributed by atoms with Crippen LogP contribution in [0.15, 0.2) is 56.0 Å². The molecule has 8 nitrogen and oxygen atoms in total. The summed E-state index contributed by atoms with van der Waals surface area (Å²) in [5.74, 6) is -0.827. The standard InChI is InChI=1S/C22H20FN5O3/c1-13(5-6-30-3)15-7-16(22(31-4)27-9-15)18-11-26-19(12-25-18)28-21(29)20-14(2)8-24-10-17(20)23/h5-12H,1H2,2-4H3,(H,26,28,29)/b6-5-. The summed E-state index contributed by atoms with van der Waals surface area (Å²) in [6, 6.07) is 1.81. The first-order valence-electron chi connectivity index (χ1n) is 9.11. The van der Waals surface area contributed by atoms with Crippen LogP contribution in [0.1, 0.15) is 21.5 Å². The van der Waals surface area contributed by atoms with Gasteiger partial charge < -0.3 is 14.8 Å². The number of ether oxygens (including phenoxy) is 2. The van der Waals surface area contributed by atoms with Crippen LogP contribution in [-0.4, -0.2) is 40.1 Å². The van der Waals surface area contributed by atoms with E-state index in [0.717, 1.165) is 11.8 Å². The van der Waals surface area contributed by atoms with Crippen molar-refractivity contribution in [3.63, 3.8) is 0 Å². The summed E-state index contributed by atoms with van der Waals surface area (Å²) in [6.07, 6.45) is 10.1. The van der Waals surface area contributed by atoms with Crippen molar-refractivity contribution in [2.75, 3.05) is 19.5 Å². The van der Waals surface area contributed by atoms with E-state index in [4.69, 9.17) is 9.47 Å². The maximum absolute atomic E-state index is 14.0. The third-order valence-electron chi connectivity index (χ3n) is 4.31. The molecule has 0 bridgehead atoms. The third kappa shape index (κ3) is 4.89. The number of carbonyl (C=O) groups excluding carboxylic acids is 1. The summed E-state index contributed by atoms with van der Waals surface area (Å²) in [5.41, 5.74) is 2.81. The fourth-order valence-corrected chi connectivity index (χ4v) is 2.75. The van der Waals surface area contributed by atoms with Gasteiger partial charge in [0.15, 0.2) is 11.6 Å². The molecule has 0 aliphatic heterocycles. The second-order valence-corrected chi connectivity index (χ2v) is 6.40. The number of methoxy groups -OCH3 is 2. The number of halogens is 1. The Bertz CT molecular complexity index is 1130. The number of anilines is 1. The summed E-state index contributed by atoms with van der Waals surface area (Å²) in [5, 5.41) is 2.54. The number of nitrogens with zero attached hydrogens (tertiary/aromatic N) is 4. The number of carbonyl (C=O) groups is 1. The molecule has 3 aromatic heterocycles. The first kappa shape index (κ1) is 21.6. The fourth-order valence-electron chi connectivity index (χ4n) is 2.75. The van der Waals surface area contributed by atoms with Crippen LogP contribution in [0.3, 0.4) is 0 Å². The third-order valence-corrected chi connectivity index (χ3v) is 4.31. The molecular formula is C22H20FN5O3. The number of hydrogen-bond acceptors (Lipinski definition) is 7. The lowest BCUT2D eigenvalue weighted by Gasteiger charge is -2.11. The number of rotatable bonds is 7. The summed E-state index contributed by atoms with van der Waals surface area (Å²) < 4.78 is 24.2. The van der Waals surface area contributed by atoms with Crippen LogP contribution in [0.5, 0.6) is 5.88 Å². The second-order valence-electron chi connectivity index (χ2n) is 6.40. The lowest BCUT2D eigenvalue weighted by Crippen LogP contribution is -2.16. The van der Waals surface area contributed by atoms with Gasteiger partial charge in [-0.2, -0.15) is 0 Å². The molecule has 0 spiro atoms. The van der Waals surface area contributed by atoms with Crippen molar-refractivity contribution in [3.8, 4) is 17.1 Å². The molecule has 0 saturated carbocycles. The number of aryl methyl sites for hydroxylation is 1. The molecule has 158 valence electrons. The lowest BCUT2D eigenvalue weighted by molar-refractivity contribution is 0.102. The number of allylic oxidation sites excluding steroid dienone is 2. The Morgan fingerprint density at radius 3 is 2.58 bits per heavy atom. The van der Waals surface area contributed by atoms with Gasteiger partial charge in [0, 0.05) is 18.0 Å². The maximum Gasteiger partial charge on any atom is 0.260 e. The molecular weight excluding hydrogens is 401 g/mol. The highest BCUT2D eigenvalue weighted by Crippen LogP contribution is 2.29. The van der Waals surface area contributed by atoms with Crippen LogP contribution < -0.4 is 10.1 Å². The minimum absolute atomic E-state index is 0.0953. The molecule has 3 heterocycles. The Labute approximate surface area is 178 Å². The van der Waals surface area contributed by atoms with Crippen molar-refractivity contribution in [1.82, 2.24) is 19.9 Å². The van der Waals surface area contributed by atoms with Gasteiger partial charge in [0.25, 0.3) is 5.91 Å². The monoisotopic (exact) mass is 421 g/mol. The van der Waals surface area contributed by atoms with Crippen molar-refractivity contribution in [1.29, 1.82) is 0 Å². The van der Waals surface area contributed by atoms with E-state index in [-0.39, 0.29) is 11.4 Å².